The molecule has 0 spiro atoms. The van der Waals surface area contributed by atoms with Crippen molar-refractivity contribution in [3.05, 3.63) is 78.1 Å². The molecule has 0 aliphatic rings. The lowest BCUT2D eigenvalue weighted by molar-refractivity contribution is 0.0988. The Balaban J connectivity index is 1.63. The fraction of sp³-hybridized carbons (Fsp3) is 0.158. The van der Waals surface area contributed by atoms with E-state index in [-0.39, 0.29) is 5.78 Å². The SMILES string of the molecule is CCC(=O)c1ccc(OCc2cnn(-c3ccccc3)c2)cc1. The zero-order valence-corrected chi connectivity index (χ0v) is 13.0. The molecule has 0 radical (unpaired) electrons. The van der Waals surface area contributed by atoms with Crippen LogP contribution in [0.4, 0.5) is 0 Å². The number of hydrogen-bond donors (Lipinski definition) is 0. The lowest BCUT2D eigenvalue weighted by Gasteiger charge is -2.05. The number of para-hydroxylation sites is 1. The Morgan fingerprint density at radius 2 is 1.83 bits per heavy atom. The summed E-state index contributed by atoms with van der Waals surface area (Å²) in [7, 11) is 0. The first-order valence-corrected chi connectivity index (χ1v) is 7.61. The Bertz CT molecular complexity index is 777. The predicted molar refractivity (Wildman–Crippen MR) is 89.0 cm³/mol. The van der Waals surface area contributed by atoms with Crippen molar-refractivity contribution in [3.63, 3.8) is 0 Å². The van der Waals surface area contributed by atoms with Crippen LogP contribution in [0.2, 0.25) is 0 Å². The fourth-order valence-corrected chi connectivity index (χ4v) is 2.26. The number of ether oxygens (including phenoxy) is 1. The summed E-state index contributed by atoms with van der Waals surface area (Å²) in [6, 6.07) is 17.2. The second-order valence-corrected chi connectivity index (χ2v) is 5.22. The van der Waals surface area contributed by atoms with Gasteiger partial charge in [0.15, 0.2) is 5.78 Å². The minimum Gasteiger partial charge on any atom is -0.489 e. The van der Waals surface area contributed by atoms with Crippen LogP contribution in [-0.4, -0.2) is 15.6 Å². The molecule has 0 aliphatic heterocycles. The van der Waals surface area contributed by atoms with Gasteiger partial charge in [0.05, 0.1) is 11.9 Å². The molecule has 1 heterocycles. The maximum atomic E-state index is 11.6. The highest BCUT2D eigenvalue weighted by atomic mass is 16.5. The second kappa shape index (κ2) is 6.92. The van der Waals surface area contributed by atoms with Gasteiger partial charge in [-0.15, -0.1) is 0 Å². The van der Waals surface area contributed by atoms with E-state index in [1.165, 1.54) is 0 Å². The Hall–Kier alpha value is -2.88. The van der Waals surface area contributed by atoms with E-state index in [1.807, 2.05) is 60.3 Å². The van der Waals surface area contributed by atoms with Crippen LogP contribution >= 0.6 is 0 Å². The van der Waals surface area contributed by atoms with Crippen LogP contribution in [-0.2, 0) is 6.61 Å². The third kappa shape index (κ3) is 3.66. The van der Waals surface area contributed by atoms with Gasteiger partial charge in [-0.05, 0) is 36.4 Å². The van der Waals surface area contributed by atoms with Crippen molar-refractivity contribution in [2.75, 3.05) is 0 Å². The van der Waals surface area contributed by atoms with Gasteiger partial charge < -0.3 is 4.74 Å². The van der Waals surface area contributed by atoms with E-state index in [2.05, 4.69) is 5.10 Å². The van der Waals surface area contributed by atoms with Crippen molar-refractivity contribution in [3.8, 4) is 11.4 Å². The minimum atomic E-state index is 0.140. The zero-order valence-electron chi connectivity index (χ0n) is 13.0. The summed E-state index contributed by atoms with van der Waals surface area (Å²) in [6.45, 7) is 2.30. The van der Waals surface area contributed by atoms with Gasteiger partial charge in [-0.1, -0.05) is 25.1 Å². The average molecular weight is 306 g/mol. The van der Waals surface area contributed by atoms with Crippen molar-refractivity contribution in [1.82, 2.24) is 9.78 Å². The Morgan fingerprint density at radius 1 is 1.09 bits per heavy atom. The molecule has 0 unspecified atom stereocenters. The van der Waals surface area contributed by atoms with Gasteiger partial charge in [0.2, 0.25) is 0 Å². The number of nitrogens with zero attached hydrogens (tertiary/aromatic N) is 2. The van der Waals surface area contributed by atoms with Crippen LogP contribution in [0.15, 0.2) is 67.0 Å². The van der Waals surface area contributed by atoms with Gasteiger partial charge in [0.1, 0.15) is 12.4 Å². The maximum absolute atomic E-state index is 11.6. The number of ketones is 1. The molecule has 0 aliphatic carbocycles. The largest absolute Gasteiger partial charge is 0.489 e. The molecule has 2 aromatic carbocycles. The number of benzene rings is 2. The molecule has 0 fully saturated rings. The molecule has 0 amide bonds. The molecular formula is C19H18N2O2. The topological polar surface area (TPSA) is 44.1 Å². The van der Waals surface area contributed by atoms with E-state index in [4.69, 9.17) is 4.74 Å². The van der Waals surface area contributed by atoms with E-state index in [9.17, 15) is 4.79 Å². The van der Waals surface area contributed by atoms with E-state index >= 15 is 0 Å². The molecule has 3 aromatic rings. The molecular weight excluding hydrogens is 288 g/mol. The fourth-order valence-electron chi connectivity index (χ4n) is 2.26. The molecule has 116 valence electrons. The van der Waals surface area contributed by atoms with Crippen LogP contribution < -0.4 is 4.74 Å². The van der Waals surface area contributed by atoms with E-state index in [0.717, 1.165) is 22.6 Å². The highest BCUT2D eigenvalue weighted by molar-refractivity contribution is 5.95. The van der Waals surface area contributed by atoms with Crippen LogP contribution in [0.3, 0.4) is 0 Å². The molecule has 3 rings (SSSR count). The first-order chi connectivity index (χ1) is 11.3. The molecule has 23 heavy (non-hydrogen) atoms. The van der Waals surface area contributed by atoms with Crippen LogP contribution in [0, 0.1) is 0 Å². The van der Waals surface area contributed by atoms with Crippen LogP contribution in [0.25, 0.3) is 5.69 Å². The summed E-state index contributed by atoms with van der Waals surface area (Å²) in [5.74, 6) is 0.880. The first kappa shape index (κ1) is 15.0. The monoisotopic (exact) mass is 306 g/mol. The third-order valence-corrected chi connectivity index (χ3v) is 3.56. The lowest BCUT2D eigenvalue weighted by Crippen LogP contribution is -1.98. The predicted octanol–water partition coefficient (Wildman–Crippen LogP) is 4.04. The number of rotatable bonds is 6. The molecule has 0 bridgehead atoms. The molecule has 0 N–H and O–H groups in total. The second-order valence-electron chi connectivity index (χ2n) is 5.22. The molecule has 0 atom stereocenters. The summed E-state index contributed by atoms with van der Waals surface area (Å²) in [6.07, 6.45) is 4.26. The normalized spacial score (nSPS) is 10.5. The summed E-state index contributed by atoms with van der Waals surface area (Å²) in [4.78, 5) is 11.6. The zero-order chi connectivity index (χ0) is 16.1. The minimum absolute atomic E-state index is 0.140. The average Bonchev–Trinajstić information content (AvgIpc) is 3.09. The summed E-state index contributed by atoms with van der Waals surface area (Å²) >= 11 is 0. The number of hydrogen-bond acceptors (Lipinski definition) is 3. The Morgan fingerprint density at radius 3 is 2.52 bits per heavy atom. The number of carbonyl (C=O) groups excluding carboxylic acids is 1. The van der Waals surface area contributed by atoms with E-state index < -0.39 is 0 Å². The lowest BCUT2D eigenvalue weighted by atomic mass is 10.1. The number of Topliss-reactive ketones (excluding diaryl/α,β-unsaturated/α-hetero) is 1. The van der Waals surface area contributed by atoms with Crippen molar-refractivity contribution in [1.29, 1.82) is 0 Å². The van der Waals surface area contributed by atoms with Crippen molar-refractivity contribution >= 4 is 5.78 Å². The molecule has 0 saturated carbocycles. The molecule has 1 aromatic heterocycles. The first-order valence-electron chi connectivity index (χ1n) is 7.61. The van der Waals surface area contributed by atoms with Crippen LogP contribution in [0.5, 0.6) is 5.75 Å². The van der Waals surface area contributed by atoms with Crippen molar-refractivity contribution in [2.45, 2.75) is 20.0 Å². The van der Waals surface area contributed by atoms with Crippen LogP contribution in [0.1, 0.15) is 29.3 Å². The summed E-state index contributed by atoms with van der Waals surface area (Å²) in [5, 5.41) is 4.34. The molecule has 0 saturated heterocycles. The molecule has 4 nitrogen and oxygen atoms in total. The van der Waals surface area contributed by atoms with Gasteiger partial charge in [-0.2, -0.15) is 5.10 Å². The van der Waals surface area contributed by atoms with Gasteiger partial charge >= 0.3 is 0 Å². The summed E-state index contributed by atoms with van der Waals surface area (Å²) < 4.78 is 7.57. The van der Waals surface area contributed by atoms with E-state index in [1.54, 1.807) is 18.3 Å². The highest BCUT2D eigenvalue weighted by Crippen LogP contribution is 2.16. The van der Waals surface area contributed by atoms with Gasteiger partial charge in [-0.25, -0.2) is 4.68 Å². The smallest absolute Gasteiger partial charge is 0.162 e. The summed E-state index contributed by atoms with van der Waals surface area (Å²) in [5.41, 5.74) is 2.72. The van der Waals surface area contributed by atoms with Crippen molar-refractivity contribution in [2.24, 2.45) is 0 Å². The quantitative estimate of drug-likeness (QED) is 0.645. The van der Waals surface area contributed by atoms with Crippen molar-refractivity contribution < 1.29 is 9.53 Å². The standard InChI is InChI=1S/C19H18N2O2/c1-2-19(22)16-8-10-18(11-9-16)23-14-15-12-20-21(13-15)17-6-4-3-5-7-17/h3-13H,2,14H2,1H3. The third-order valence-electron chi connectivity index (χ3n) is 3.56. The Labute approximate surface area is 135 Å². The van der Waals surface area contributed by atoms with Gasteiger partial charge in [-0.3, -0.25) is 4.79 Å². The molecule has 4 heteroatoms. The Kier molecular flexibility index (Phi) is 4.52. The highest BCUT2D eigenvalue weighted by Gasteiger charge is 2.04. The maximum Gasteiger partial charge on any atom is 0.162 e. The van der Waals surface area contributed by atoms with Gasteiger partial charge in [0, 0.05) is 23.7 Å². The van der Waals surface area contributed by atoms with E-state index in [0.29, 0.717) is 13.0 Å². The van der Waals surface area contributed by atoms with Gasteiger partial charge in [0.25, 0.3) is 0 Å². The number of carbonyl (C=O) groups is 1. The number of aromatic nitrogens is 2.